The van der Waals surface area contributed by atoms with Gasteiger partial charge in [0.15, 0.2) is 0 Å². The van der Waals surface area contributed by atoms with Crippen LogP contribution in [-0.2, 0) is 9.53 Å². The van der Waals surface area contributed by atoms with Crippen molar-refractivity contribution in [3.63, 3.8) is 0 Å². The van der Waals surface area contributed by atoms with Crippen LogP contribution in [0.1, 0.15) is 19.4 Å². The lowest BCUT2D eigenvalue weighted by Crippen LogP contribution is -2.32. The maximum absolute atomic E-state index is 12.1. The highest BCUT2D eigenvalue weighted by atomic mass is 32.2. The predicted octanol–water partition coefficient (Wildman–Crippen LogP) is 2.64. The molecule has 2 rings (SSSR count). The largest absolute Gasteiger partial charge is 0.491 e. The van der Waals surface area contributed by atoms with Crippen LogP contribution in [0.15, 0.2) is 35.2 Å². The van der Waals surface area contributed by atoms with Crippen molar-refractivity contribution in [1.29, 1.82) is 0 Å². The normalized spacial score (nSPS) is 15.5. The minimum absolute atomic E-state index is 0.0476. The smallest absolute Gasteiger partial charge is 0.261 e. The summed E-state index contributed by atoms with van der Waals surface area (Å²) in [7, 11) is 0. The molecule has 0 aliphatic carbocycles. The van der Waals surface area contributed by atoms with Crippen LogP contribution < -0.4 is 5.32 Å². The molecule has 1 aromatic carbocycles. The van der Waals surface area contributed by atoms with Crippen LogP contribution in [0.4, 0.5) is 0 Å². The van der Waals surface area contributed by atoms with Crippen LogP contribution in [-0.4, -0.2) is 24.3 Å². The lowest BCUT2D eigenvalue weighted by atomic mass is 10.1. The molecule has 0 radical (unpaired) electrons. The Morgan fingerprint density at radius 3 is 2.72 bits per heavy atom. The summed E-state index contributed by atoms with van der Waals surface area (Å²) in [4.78, 5) is 12.8. The number of benzene rings is 1. The molecule has 0 saturated carbocycles. The number of carbonyl (C=O) groups is 1. The summed E-state index contributed by atoms with van der Waals surface area (Å²) >= 11 is 1.56. The Bertz CT molecular complexity index is 454. The summed E-state index contributed by atoms with van der Waals surface area (Å²) in [5.74, 6) is 1.47. The summed E-state index contributed by atoms with van der Waals surface area (Å²) in [5, 5.41) is 2.91. The average molecular weight is 263 g/mol. The van der Waals surface area contributed by atoms with E-state index in [9.17, 15) is 4.79 Å². The zero-order valence-electron chi connectivity index (χ0n) is 10.6. The molecular formula is C14H17NO2S. The Morgan fingerprint density at radius 2 is 2.06 bits per heavy atom. The summed E-state index contributed by atoms with van der Waals surface area (Å²) in [6.45, 7) is 4.55. The number of ether oxygens (including phenoxy) is 1. The van der Waals surface area contributed by atoms with Gasteiger partial charge in [0.25, 0.3) is 5.91 Å². The van der Waals surface area contributed by atoms with Crippen LogP contribution in [0.2, 0.25) is 0 Å². The molecule has 1 aromatic rings. The molecule has 1 aliphatic heterocycles. The first-order valence-corrected chi connectivity index (χ1v) is 7.03. The molecule has 0 bridgehead atoms. The molecule has 1 aliphatic rings. The highest BCUT2D eigenvalue weighted by Gasteiger charge is 2.22. The number of hydrogen-bond donors (Lipinski definition) is 1. The molecule has 1 amide bonds. The molecule has 18 heavy (non-hydrogen) atoms. The van der Waals surface area contributed by atoms with Crippen molar-refractivity contribution in [2.24, 2.45) is 0 Å². The first-order chi connectivity index (χ1) is 8.68. The monoisotopic (exact) mass is 263 g/mol. The van der Waals surface area contributed by atoms with Crippen molar-refractivity contribution in [3.8, 4) is 0 Å². The predicted molar refractivity (Wildman–Crippen MR) is 75.1 cm³/mol. The van der Waals surface area contributed by atoms with Gasteiger partial charge in [-0.3, -0.25) is 4.79 Å². The summed E-state index contributed by atoms with van der Waals surface area (Å²) < 4.78 is 5.68. The lowest BCUT2D eigenvalue weighted by molar-refractivity contribution is -0.117. The maximum atomic E-state index is 12.1. The average Bonchev–Trinajstić information content (AvgIpc) is 2.39. The van der Waals surface area contributed by atoms with Gasteiger partial charge in [-0.05, 0) is 13.8 Å². The van der Waals surface area contributed by atoms with Crippen molar-refractivity contribution >= 4 is 23.4 Å². The van der Waals surface area contributed by atoms with E-state index in [4.69, 9.17) is 4.74 Å². The number of hydrogen-bond acceptors (Lipinski definition) is 3. The minimum Gasteiger partial charge on any atom is -0.491 e. The third kappa shape index (κ3) is 3.07. The summed E-state index contributed by atoms with van der Waals surface area (Å²) in [6, 6.07) is 9.90. The Labute approximate surface area is 112 Å². The third-order valence-corrected chi connectivity index (χ3v) is 3.47. The molecule has 3 nitrogen and oxygen atoms in total. The topological polar surface area (TPSA) is 38.3 Å². The maximum Gasteiger partial charge on any atom is 0.261 e. The molecule has 0 unspecified atom stereocenters. The molecule has 1 N–H and O–H groups in total. The second-order valence-electron chi connectivity index (χ2n) is 4.35. The van der Waals surface area contributed by atoms with Gasteiger partial charge in [-0.25, -0.2) is 0 Å². The van der Waals surface area contributed by atoms with E-state index in [0.717, 1.165) is 11.3 Å². The van der Waals surface area contributed by atoms with Crippen molar-refractivity contribution < 1.29 is 9.53 Å². The van der Waals surface area contributed by atoms with Crippen LogP contribution >= 0.6 is 11.8 Å². The Kier molecular flexibility index (Phi) is 4.31. The highest BCUT2D eigenvalue weighted by molar-refractivity contribution is 8.04. The fraction of sp³-hybridized carbons (Fsp3) is 0.357. The molecule has 0 spiro atoms. The van der Waals surface area contributed by atoms with Crippen molar-refractivity contribution in [1.82, 2.24) is 5.32 Å². The van der Waals surface area contributed by atoms with Crippen LogP contribution in [0, 0.1) is 0 Å². The number of carbonyl (C=O) groups excluding carboxylic acids is 1. The van der Waals surface area contributed by atoms with Gasteiger partial charge in [0, 0.05) is 17.4 Å². The van der Waals surface area contributed by atoms with Gasteiger partial charge in [-0.2, -0.15) is 0 Å². The van der Waals surface area contributed by atoms with Crippen LogP contribution in [0.25, 0.3) is 5.76 Å². The fourth-order valence-corrected chi connectivity index (χ4v) is 2.59. The molecular weight excluding hydrogens is 246 g/mol. The second-order valence-corrected chi connectivity index (χ2v) is 5.45. The van der Waals surface area contributed by atoms with E-state index in [1.165, 1.54) is 0 Å². The Morgan fingerprint density at radius 1 is 1.33 bits per heavy atom. The lowest BCUT2D eigenvalue weighted by Gasteiger charge is -2.21. The molecule has 1 heterocycles. The zero-order chi connectivity index (χ0) is 13.0. The molecule has 0 atom stereocenters. The van der Waals surface area contributed by atoms with Crippen LogP contribution in [0.3, 0.4) is 0 Å². The van der Waals surface area contributed by atoms with Gasteiger partial charge in [-0.15, -0.1) is 11.8 Å². The number of thioether (sulfide) groups is 1. The van der Waals surface area contributed by atoms with E-state index < -0.39 is 0 Å². The Balaban J connectivity index is 2.32. The molecule has 96 valence electrons. The molecule has 0 fully saturated rings. The molecule has 0 aromatic heterocycles. The fourth-order valence-electron chi connectivity index (χ4n) is 1.72. The zero-order valence-corrected chi connectivity index (χ0v) is 11.4. The quantitative estimate of drug-likeness (QED) is 0.911. The number of amides is 1. The molecule has 4 heteroatoms. The van der Waals surface area contributed by atoms with Gasteiger partial charge in [-0.1, -0.05) is 30.3 Å². The van der Waals surface area contributed by atoms with Gasteiger partial charge < -0.3 is 10.1 Å². The number of rotatable bonds is 3. The van der Waals surface area contributed by atoms with E-state index in [2.05, 4.69) is 5.32 Å². The second kappa shape index (κ2) is 5.96. The van der Waals surface area contributed by atoms with E-state index in [1.54, 1.807) is 11.8 Å². The van der Waals surface area contributed by atoms with Crippen LogP contribution in [0.5, 0.6) is 0 Å². The standard InChI is InChI=1S/C14H17NO2S/c1-10(2)15-14(16)13-12(17-8-9-18-13)11-6-4-3-5-7-11/h3-7,10H,8-9H2,1-2H3,(H,15,16). The highest BCUT2D eigenvalue weighted by Crippen LogP contribution is 2.32. The number of nitrogens with one attached hydrogen (secondary N) is 1. The van der Waals surface area contributed by atoms with Crippen molar-refractivity contribution in [2.75, 3.05) is 12.4 Å². The van der Waals surface area contributed by atoms with E-state index in [0.29, 0.717) is 17.3 Å². The molecule has 0 saturated heterocycles. The van der Waals surface area contributed by atoms with Gasteiger partial charge in [0.05, 0.1) is 6.61 Å². The van der Waals surface area contributed by atoms with Gasteiger partial charge in [0.2, 0.25) is 0 Å². The van der Waals surface area contributed by atoms with Crippen molar-refractivity contribution in [2.45, 2.75) is 19.9 Å². The summed E-state index contributed by atoms with van der Waals surface area (Å²) in [6.07, 6.45) is 0. The summed E-state index contributed by atoms with van der Waals surface area (Å²) in [5.41, 5.74) is 0.957. The SMILES string of the molecule is CC(C)NC(=O)C1=C(c2ccccc2)OCCS1. The third-order valence-electron chi connectivity index (χ3n) is 2.44. The van der Waals surface area contributed by atoms with Gasteiger partial charge >= 0.3 is 0 Å². The first kappa shape index (κ1) is 13.0. The van der Waals surface area contributed by atoms with E-state index >= 15 is 0 Å². The van der Waals surface area contributed by atoms with E-state index in [-0.39, 0.29) is 11.9 Å². The van der Waals surface area contributed by atoms with E-state index in [1.807, 2.05) is 44.2 Å². The first-order valence-electron chi connectivity index (χ1n) is 6.04. The van der Waals surface area contributed by atoms with Crippen molar-refractivity contribution in [3.05, 3.63) is 40.8 Å². The van der Waals surface area contributed by atoms with Gasteiger partial charge in [0.1, 0.15) is 10.7 Å². The Hall–Kier alpha value is -1.42. The minimum atomic E-state index is -0.0476.